The number of oxazole rings is 1. The van der Waals surface area contributed by atoms with Gasteiger partial charge in [-0.3, -0.25) is 15.6 Å². The smallest absolute Gasteiger partial charge is 0.269 e. The van der Waals surface area contributed by atoms with Crippen LogP contribution in [-0.4, -0.2) is 10.9 Å². The third-order valence-electron chi connectivity index (χ3n) is 3.36. The number of benzene rings is 2. The molecule has 118 valence electrons. The van der Waals surface area contributed by atoms with E-state index in [2.05, 4.69) is 15.8 Å². The molecule has 6 heteroatoms. The highest BCUT2D eigenvalue weighted by molar-refractivity contribution is 5.94. The molecular weight excluding hydrogens is 304 g/mol. The highest BCUT2D eigenvalue weighted by Gasteiger charge is 2.15. The van der Waals surface area contributed by atoms with Crippen LogP contribution in [0.1, 0.15) is 21.6 Å². The fourth-order valence-corrected chi connectivity index (χ4v) is 2.08. The first-order chi connectivity index (χ1) is 11.7. The van der Waals surface area contributed by atoms with E-state index in [1.54, 1.807) is 12.1 Å². The van der Waals surface area contributed by atoms with E-state index in [1.165, 1.54) is 0 Å². The molecule has 0 bridgehead atoms. The summed E-state index contributed by atoms with van der Waals surface area (Å²) in [5.41, 5.74) is 7.49. The van der Waals surface area contributed by atoms with Gasteiger partial charge >= 0.3 is 0 Å². The van der Waals surface area contributed by atoms with Gasteiger partial charge in [0.15, 0.2) is 0 Å². The van der Waals surface area contributed by atoms with Crippen molar-refractivity contribution in [3.8, 4) is 17.5 Å². The van der Waals surface area contributed by atoms with Gasteiger partial charge in [-0.05, 0) is 31.2 Å². The largest absolute Gasteiger partial charge is 0.417 e. The highest BCUT2D eigenvalue weighted by atomic mass is 16.4. The number of hydrogen-bond donors (Lipinski definition) is 2. The average molecular weight is 318 g/mol. The Morgan fingerprint density at radius 3 is 2.50 bits per heavy atom. The molecule has 0 radical (unpaired) electrons. The molecule has 24 heavy (non-hydrogen) atoms. The third-order valence-corrected chi connectivity index (χ3v) is 3.36. The number of hydrogen-bond acceptors (Lipinski definition) is 5. The molecule has 1 aromatic heterocycles. The molecule has 6 nitrogen and oxygen atoms in total. The second-order valence-electron chi connectivity index (χ2n) is 5.12. The Balaban J connectivity index is 1.75. The maximum atomic E-state index is 12.1. The third kappa shape index (κ3) is 3.25. The SMILES string of the molecule is Cc1ccc(C(=O)NNc2oc(-c3ccccc3)nc2C#N)cc1. The van der Waals surface area contributed by atoms with Crippen LogP contribution in [0.2, 0.25) is 0 Å². The summed E-state index contributed by atoms with van der Waals surface area (Å²) in [6, 6.07) is 18.3. The molecule has 0 atom stereocenters. The number of amides is 1. The van der Waals surface area contributed by atoms with Crippen LogP contribution in [0.3, 0.4) is 0 Å². The zero-order valence-electron chi connectivity index (χ0n) is 12.9. The second-order valence-corrected chi connectivity index (χ2v) is 5.12. The van der Waals surface area contributed by atoms with Crippen molar-refractivity contribution in [1.29, 1.82) is 5.26 Å². The highest BCUT2D eigenvalue weighted by Crippen LogP contribution is 2.24. The summed E-state index contributed by atoms with van der Waals surface area (Å²) < 4.78 is 5.54. The van der Waals surface area contributed by atoms with Gasteiger partial charge in [0, 0.05) is 11.1 Å². The minimum absolute atomic E-state index is 0.0676. The van der Waals surface area contributed by atoms with E-state index < -0.39 is 0 Å². The Labute approximate surface area is 138 Å². The molecule has 1 heterocycles. The fourth-order valence-electron chi connectivity index (χ4n) is 2.08. The van der Waals surface area contributed by atoms with Crippen LogP contribution in [0.4, 0.5) is 5.88 Å². The predicted molar refractivity (Wildman–Crippen MR) is 88.9 cm³/mol. The number of carbonyl (C=O) groups excluding carboxylic acids is 1. The van der Waals surface area contributed by atoms with Gasteiger partial charge in [0.25, 0.3) is 11.8 Å². The summed E-state index contributed by atoms with van der Waals surface area (Å²) in [7, 11) is 0. The van der Waals surface area contributed by atoms with E-state index in [9.17, 15) is 4.79 Å². The van der Waals surface area contributed by atoms with Crippen molar-refractivity contribution < 1.29 is 9.21 Å². The van der Waals surface area contributed by atoms with Crippen LogP contribution in [0.5, 0.6) is 0 Å². The van der Waals surface area contributed by atoms with Crippen LogP contribution < -0.4 is 10.9 Å². The van der Waals surface area contributed by atoms with Gasteiger partial charge in [0.1, 0.15) is 6.07 Å². The van der Waals surface area contributed by atoms with E-state index in [1.807, 2.05) is 55.5 Å². The van der Waals surface area contributed by atoms with Gasteiger partial charge in [-0.15, -0.1) is 0 Å². The predicted octanol–water partition coefficient (Wildman–Crippen LogP) is 3.28. The van der Waals surface area contributed by atoms with Crippen molar-refractivity contribution >= 4 is 11.8 Å². The zero-order chi connectivity index (χ0) is 16.9. The van der Waals surface area contributed by atoms with Crippen molar-refractivity contribution in [3.05, 3.63) is 71.4 Å². The van der Waals surface area contributed by atoms with Crippen molar-refractivity contribution in [3.63, 3.8) is 0 Å². The number of carbonyl (C=O) groups is 1. The van der Waals surface area contributed by atoms with Crippen LogP contribution in [0, 0.1) is 18.3 Å². The number of nitrogens with one attached hydrogen (secondary N) is 2. The minimum Gasteiger partial charge on any atom is -0.417 e. The van der Waals surface area contributed by atoms with Gasteiger partial charge in [0.2, 0.25) is 11.6 Å². The van der Waals surface area contributed by atoms with Crippen LogP contribution in [0.15, 0.2) is 59.0 Å². The van der Waals surface area contributed by atoms with Gasteiger partial charge in [-0.1, -0.05) is 35.9 Å². The fraction of sp³-hybridized carbons (Fsp3) is 0.0556. The van der Waals surface area contributed by atoms with Crippen molar-refractivity contribution in [1.82, 2.24) is 10.4 Å². The maximum absolute atomic E-state index is 12.1. The van der Waals surface area contributed by atoms with E-state index in [0.29, 0.717) is 11.5 Å². The lowest BCUT2D eigenvalue weighted by atomic mass is 10.1. The molecule has 0 saturated carbocycles. The molecular formula is C18H14N4O2. The maximum Gasteiger partial charge on any atom is 0.269 e. The molecule has 0 aliphatic rings. The number of hydrazine groups is 1. The molecule has 0 unspecified atom stereocenters. The standard InChI is InChI=1S/C18H14N4O2/c1-12-7-9-13(10-8-12)16(23)21-22-18-15(11-19)20-17(24-18)14-5-3-2-4-6-14/h2-10,22H,1H3,(H,21,23). The van der Waals surface area contributed by atoms with E-state index in [0.717, 1.165) is 11.1 Å². The lowest BCUT2D eigenvalue weighted by Crippen LogP contribution is -2.29. The number of rotatable bonds is 4. The first-order valence-electron chi connectivity index (χ1n) is 7.27. The lowest BCUT2D eigenvalue weighted by Gasteiger charge is -2.06. The first-order valence-corrected chi connectivity index (χ1v) is 7.27. The summed E-state index contributed by atoms with van der Waals surface area (Å²) in [5.74, 6) is 0.0626. The van der Waals surface area contributed by atoms with E-state index in [-0.39, 0.29) is 17.5 Å². The Bertz CT molecular complexity index is 893. The van der Waals surface area contributed by atoms with Crippen molar-refractivity contribution in [2.45, 2.75) is 6.92 Å². The number of nitriles is 1. The minimum atomic E-state index is -0.337. The second kappa shape index (κ2) is 6.67. The summed E-state index contributed by atoms with van der Waals surface area (Å²) in [6.45, 7) is 1.94. The Morgan fingerprint density at radius 2 is 1.83 bits per heavy atom. The molecule has 0 aliphatic carbocycles. The van der Waals surface area contributed by atoms with Crippen LogP contribution >= 0.6 is 0 Å². The number of aryl methyl sites for hydroxylation is 1. The molecule has 0 aliphatic heterocycles. The normalized spacial score (nSPS) is 10.0. The van der Waals surface area contributed by atoms with Crippen molar-refractivity contribution in [2.24, 2.45) is 0 Å². The lowest BCUT2D eigenvalue weighted by molar-refractivity contribution is 0.0961. The molecule has 2 N–H and O–H groups in total. The Kier molecular flexibility index (Phi) is 4.25. The number of nitrogens with zero attached hydrogens (tertiary/aromatic N) is 2. The molecule has 0 fully saturated rings. The Hall–Kier alpha value is -3.59. The van der Waals surface area contributed by atoms with Gasteiger partial charge in [-0.25, -0.2) is 0 Å². The quantitative estimate of drug-likeness (QED) is 0.720. The van der Waals surface area contributed by atoms with Gasteiger partial charge < -0.3 is 4.42 Å². The topological polar surface area (TPSA) is 90.9 Å². The molecule has 1 amide bonds. The monoisotopic (exact) mass is 318 g/mol. The van der Waals surface area contributed by atoms with E-state index in [4.69, 9.17) is 9.68 Å². The average Bonchev–Trinajstić information content (AvgIpc) is 3.04. The van der Waals surface area contributed by atoms with E-state index >= 15 is 0 Å². The molecule has 3 rings (SSSR count). The summed E-state index contributed by atoms with van der Waals surface area (Å²) in [4.78, 5) is 16.2. The van der Waals surface area contributed by atoms with Gasteiger partial charge in [-0.2, -0.15) is 10.2 Å². The first kappa shape index (κ1) is 15.3. The molecule has 0 spiro atoms. The molecule has 0 saturated heterocycles. The number of anilines is 1. The Morgan fingerprint density at radius 1 is 1.12 bits per heavy atom. The van der Waals surface area contributed by atoms with Crippen LogP contribution in [0.25, 0.3) is 11.5 Å². The van der Waals surface area contributed by atoms with Gasteiger partial charge in [0.05, 0.1) is 0 Å². The zero-order valence-corrected chi connectivity index (χ0v) is 12.9. The number of aromatic nitrogens is 1. The van der Waals surface area contributed by atoms with Crippen LogP contribution in [-0.2, 0) is 0 Å². The summed E-state index contributed by atoms with van der Waals surface area (Å²) >= 11 is 0. The van der Waals surface area contributed by atoms with Crippen molar-refractivity contribution in [2.75, 3.05) is 5.43 Å². The molecule has 2 aromatic carbocycles. The summed E-state index contributed by atoms with van der Waals surface area (Å²) in [5, 5.41) is 9.17. The molecule has 3 aromatic rings. The summed E-state index contributed by atoms with van der Waals surface area (Å²) in [6.07, 6.45) is 0.